The summed E-state index contributed by atoms with van der Waals surface area (Å²) in [6.07, 6.45) is 2.46. The first-order chi connectivity index (χ1) is 8.60. The van der Waals surface area contributed by atoms with Gasteiger partial charge in [-0.2, -0.15) is 5.26 Å². The molecule has 0 unspecified atom stereocenters. The Morgan fingerprint density at radius 2 is 2.39 bits per heavy atom. The average molecular weight is 248 g/mol. The van der Waals surface area contributed by atoms with Crippen LogP contribution in [0.2, 0.25) is 0 Å². The van der Waals surface area contributed by atoms with Gasteiger partial charge in [-0.25, -0.2) is 4.98 Å². The quantitative estimate of drug-likeness (QED) is 0.608. The molecule has 1 heterocycles. The zero-order valence-corrected chi connectivity index (χ0v) is 9.54. The molecule has 0 saturated heterocycles. The summed E-state index contributed by atoms with van der Waals surface area (Å²) in [6, 6.07) is 3.01. The van der Waals surface area contributed by atoms with E-state index in [9.17, 15) is 10.1 Å². The van der Waals surface area contributed by atoms with E-state index < -0.39 is 4.92 Å². The van der Waals surface area contributed by atoms with E-state index in [0.29, 0.717) is 25.3 Å². The van der Waals surface area contributed by atoms with Crippen LogP contribution in [-0.4, -0.2) is 27.7 Å². The Hall–Kier alpha value is -2.20. The van der Waals surface area contributed by atoms with Gasteiger partial charge in [-0.3, -0.25) is 10.1 Å². The molecule has 0 atom stereocenters. The lowest BCUT2D eigenvalue weighted by Gasteiger charge is -2.31. The van der Waals surface area contributed by atoms with E-state index >= 15 is 0 Å². The second-order valence-electron chi connectivity index (χ2n) is 4.33. The maximum absolute atomic E-state index is 10.8. The van der Waals surface area contributed by atoms with E-state index in [1.165, 1.54) is 12.3 Å². The summed E-state index contributed by atoms with van der Waals surface area (Å²) >= 11 is 0. The normalized spacial score (nSPS) is 21.8. The molecule has 1 aliphatic carbocycles. The first-order valence-corrected chi connectivity index (χ1v) is 5.56. The van der Waals surface area contributed by atoms with Gasteiger partial charge in [0.05, 0.1) is 16.6 Å². The molecule has 0 bridgehead atoms. The molecule has 0 amide bonds. The number of hydrogen-bond acceptors (Lipinski definition) is 6. The number of anilines is 1. The third kappa shape index (κ3) is 2.55. The minimum Gasteiger partial charge on any atom is -0.393 e. The number of hydrogen-bond donors (Lipinski definition) is 2. The number of rotatable bonds is 4. The number of aromatic nitrogens is 1. The lowest BCUT2D eigenvalue weighted by molar-refractivity contribution is -0.384. The molecule has 0 spiro atoms. The van der Waals surface area contributed by atoms with Gasteiger partial charge in [-0.15, -0.1) is 0 Å². The number of nitrogens with one attached hydrogen (secondary N) is 1. The van der Waals surface area contributed by atoms with E-state index in [2.05, 4.69) is 10.3 Å². The van der Waals surface area contributed by atoms with Crippen LogP contribution in [0.3, 0.4) is 0 Å². The van der Waals surface area contributed by atoms with Crippen LogP contribution in [0.4, 0.5) is 11.5 Å². The summed E-state index contributed by atoms with van der Waals surface area (Å²) < 4.78 is 0. The molecule has 1 aromatic rings. The maximum Gasteiger partial charge on any atom is 0.312 e. The molecule has 1 fully saturated rings. The summed E-state index contributed by atoms with van der Waals surface area (Å²) in [5, 5.41) is 31.5. The summed E-state index contributed by atoms with van der Waals surface area (Å²) in [6.45, 7) is 0.538. The number of pyridine rings is 1. The first kappa shape index (κ1) is 12.3. The van der Waals surface area contributed by atoms with Crippen LogP contribution >= 0.6 is 0 Å². The Kier molecular flexibility index (Phi) is 3.39. The molecule has 0 aromatic carbocycles. The molecule has 7 heteroatoms. The summed E-state index contributed by atoms with van der Waals surface area (Å²) in [7, 11) is 0. The van der Waals surface area contributed by atoms with E-state index in [-0.39, 0.29) is 23.2 Å². The molecule has 1 aromatic heterocycles. The van der Waals surface area contributed by atoms with Gasteiger partial charge < -0.3 is 10.4 Å². The van der Waals surface area contributed by atoms with Crippen molar-refractivity contribution in [3.63, 3.8) is 0 Å². The van der Waals surface area contributed by atoms with Crippen molar-refractivity contribution in [1.29, 1.82) is 5.26 Å². The van der Waals surface area contributed by atoms with Gasteiger partial charge in [0, 0.05) is 18.8 Å². The average Bonchev–Trinajstić information content (AvgIpc) is 2.33. The smallest absolute Gasteiger partial charge is 0.312 e. The van der Waals surface area contributed by atoms with Crippen LogP contribution in [0.25, 0.3) is 0 Å². The largest absolute Gasteiger partial charge is 0.393 e. The van der Waals surface area contributed by atoms with Gasteiger partial charge in [-0.1, -0.05) is 0 Å². The second kappa shape index (κ2) is 4.98. The third-order valence-electron chi connectivity index (χ3n) is 2.96. The van der Waals surface area contributed by atoms with Gasteiger partial charge in [0.1, 0.15) is 6.07 Å². The molecule has 0 aliphatic heterocycles. The SMILES string of the molecule is N#Cc1cnc(NCC2CC(O)C2)c([N+](=O)[O-])c1. The zero-order chi connectivity index (χ0) is 13.1. The van der Waals surface area contributed by atoms with Crippen molar-refractivity contribution >= 4 is 11.5 Å². The Labute approximate surface area is 103 Å². The Morgan fingerprint density at radius 3 is 2.94 bits per heavy atom. The fourth-order valence-electron chi connectivity index (χ4n) is 1.90. The topological polar surface area (TPSA) is 112 Å². The van der Waals surface area contributed by atoms with Crippen molar-refractivity contribution in [3.05, 3.63) is 27.9 Å². The fourth-order valence-corrected chi connectivity index (χ4v) is 1.90. The first-order valence-electron chi connectivity index (χ1n) is 5.56. The van der Waals surface area contributed by atoms with Gasteiger partial charge in [0.2, 0.25) is 5.82 Å². The number of nitriles is 1. The zero-order valence-electron chi connectivity index (χ0n) is 9.54. The third-order valence-corrected chi connectivity index (χ3v) is 2.96. The van der Waals surface area contributed by atoms with E-state index in [1.54, 1.807) is 0 Å². The van der Waals surface area contributed by atoms with Gasteiger partial charge in [0.15, 0.2) is 0 Å². The van der Waals surface area contributed by atoms with E-state index in [0.717, 1.165) is 0 Å². The minimum atomic E-state index is -0.564. The lowest BCUT2D eigenvalue weighted by Crippen LogP contribution is -2.33. The van der Waals surface area contributed by atoms with Gasteiger partial charge in [0.25, 0.3) is 0 Å². The summed E-state index contributed by atoms with van der Waals surface area (Å²) in [5.74, 6) is 0.484. The molecular formula is C11H12N4O3. The molecule has 18 heavy (non-hydrogen) atoms. The summed E-state index contributed by atoms with van der Waals surface area (Å²) in [5.41, 5.74) is -0.0414. The standard InChI is InChI=1S/C11H12N4O3/c12-4-8-3-10(15(17)18)11(14-6-8)13-5-7-1-9(16)2-7/h3,6-7,9,16H,1-2,5H2,(H,13,14). The van der Waals surface area contributed by atoms with Crippen molar-refractivity contribution in [2.45, 2.75) is 18.9 Å². The number of aliphatic hydroxyl groups is 1. The molecule has 1 saturated carbocycles. The fraction of sp³-hybridized carbons (Fsp3) is 0.455. The monoisotopic (exact) mass is 248 g/mol. The highest BCUT2D eigenvalue weighted by atomic mass is 16.6. The molecule has 7 nitrogen and oxygen atoms in total. The predicted octanol–water partition coefficient (Wildman–Crippen LogP) is 1.04. The van der Waals surface area contributed by atoms with Gasteiger partial charge >= 0.3 is 5.69 Å². The highest BCUT2D eigenvalue weighted by Crippen LogP contribution is 2.29. The molecule has 2 rings (SSSR count). The van der Waals surface area contributed by atoms with Crippen LogP contribution in [-0.2, 0) is 0 Å². The van der Waals surface area contributed by atoms with Gasteiger partial charge in [-0.05, 0) is 18.8 Å². The molecule has 94 valence electrons. The number of aliphatic hydroxyl groups excluding tert-OH is 1. The Morgan fingerprint density at radius 1 is 1.67 bits per heavy atom. The Balaban J connectivity index is 2.07. The van der Waals surface area contributed by atoms with Crippen LogP contribution < -0.4 is 5.32 Å². The highest BCUT2D eigenvalue weighted by Gasteiger charge is 2.27. The highest BCUT2D eigenvalue weighted by molar-refractivity contribution is 5.58. The predicted molar refractivity (Wildman–Crippen MR) is 62.8 cm³/mol. The van der Waals surface area contributed by atoms with Crippen molar-refractivity contribution in [2.75, 3.05) is 11.9 Å². The van der Waals surface area contributed by atoms with Crippen molar-refractivity contribution < 1.29 is 10.0 Å². The molecular weight excluding hydrogens is 236 g/mol. The van der Waals surface area contributed by atoms with Crippen LogP contribution in [0.1, 0.15) is 18.4 Å². The lowest BCUT2D eigenvalue weighted by atomic mass is 9.82. The molecule has 2 N–H and O–H groups in total. The minimum absolute atomic E-state index is 0.159. The van der Waals surface area contributed by atoms with E-state index in [1.807, 2.05) is 6.07 Å². The number of nitro groups is 1. The van der Waals surface area contributed by atoms with Crippen LogP contribution in [0.5, 0.6) is 0 Å². The molecule has 1 aliphatic rings. The van der Waals surface area contributed by atoms with Crippen LogP contribution in [0.15, 0.2) is 12.3 Å². The summed E-state index contributed by atoms with van der Waals surface area (Å²) in [4.78, 5) is 14.2. The van der Waals surface area contributed by atoms with Crippen molar-refractivity contribution in [2.24, 2.45) is 5.92 Å². The van der Waals surface area contributed by atoms with Crippen molar-refractivity contribution in [1.82, 2.24) is 4.98 Å². The maximum atomic E-state index is 10.8. The second-order valence-corrected chi connectivity index (χ2v) is 4.33. The van der Waals surface area contributed by atoms with E-state index in [4.69, 9.17) is 10.4 Å². The van der Waals surface area contributed by atoms with Crippen molar-refractivity contribution in [3.8, 4) is 6.07 Å². The molecule has 0 radical (unpaired) electrons. The Bertz CT molecular complexity index is 506. The number of nitrogens with zero attached hydrogens (tertiary/aromatic N) is 3. The van der Waals surface area contributed by atoms with Crippen LogP contribution in [0, 0.1) is 27.4 Å².